The van der Waals surface area contributed by atoms with Crippen LogP contribution in [0.5, 0.6) is 5.88 Å². The number of anilines is 1. The molecular formula is C20H20F3N5O. The molecule has 29 heavy (non-hydrogen) atoms. The summed E-state index contributed by atoms with van der Waals surface area (Å²) in [6.07, 6.45) is -3.71. The molecule has 0 fully saturated rings. The van der Waals surface area contributed by atoms with Gasteiger partial charge < -0.3 is 16.2 Å². The van der Waals surface area contributed by atoms with Gasteiger partial charge in [0.2, 0.25) is 17.9 Å². The van der Waals surface area contributed by atoms with Gasteiger partial charge in [-0.25, -0.2) is 4.98 Å². The van der Waals surface area contributed by atoms with Crippen molar-refractivity contribution < 1.29 is 17.9 Å². The Hall–Kier alpha value is -3.20. The first-order chi connectivity index (χ1) is 13.7. The molecule has 0 radical (unpaired) electrons. The number of ether oxygens (including phenoxy) is 1. The Bertz CT molecular complexity index is 947. The van der Waals surface area contributed by atoms with Crippen molar-refractivity contribution >= 4 is 5.95 Å². The maximum atomic E-state index is 13.5. The van der Waals surface area contributed by atoms with Crippen molar-refractivity contribution in [2.45, 2.75) is 31.7 Å². The Balaban J connectivity index is 1.90. The molecule has 0 saturated carbocycles. The van der Waals surface area contributed by atoms with Gasteiger partial charge in [-0.2, -0.15) is 18.2 Å². The average molecular weight is 403 g/mol. The molecule has 152 valence electrons. The minimum absolute atomic E-state index is 0.0160. The van der Waals surface area contributed by atoms with Crippen LogP contribution >= 0.6 is 0 Å². The number of nitrogens with two attached hydrogens (primary N) is 2. The Morgan fingerprint density at radius 2 is 1.83 bits per heavy atom. The molecule has 2 heterocycles. The van der Waals surface area contributed by atoms with E-state index in [2.05, 4.69) is 15.0 Å². The number of hydrogen-bond donors (Lipinski definition) is 2. The molecule has 2 aromatic heterocycles. The van der Waals surface area contributed by atoms with E-state index >= 15 is 0 Å². The highest BCUT2D eigenvalue weighted by Crippen LogP contribution is 2.36. The van der Waals surface area contributed by atoms with Gasteiger partial charge in [-0.1, -0.05) is 30.3 Å². The predicted octanol–water partition coefficient (Wildman–Crippen LogP) is 3.69. The summed E-state index contributed by atoms with van der Waals surface area (Å²) in [5.74, 6) is -0.470. The van der Waals surface area contributed by atoms with E-state index < -0.39 is 12.3 Å². The lowest BCUT2D eigenvalue weighted by Gasteiger charge is -2.21. The Morgan fingerprint density at radius 3 is 2.41 bits per heavy atom. The van der Waals surface area contributed by atoms with Crippen LogP contribution < -0.4 is 16.2 Å². The normalized spacial score (nSPS) is 13.7. The quantitative estimate of drug-likeness (QED) is 0.651. The fourth-order valence-electron chi connectivity index (χ4n) is 2.81. The summed E-state index contributed by atoms with van der Waals surface area (Å²) in [7, 11) is 0. The van der Waals surface area contributed by atoms with E-state index in [1.54, 1.807) is 12.1 Å². The molecule has 6 nitrogen and oxygen atoms in total. The molecule has 0 aliphatic rings. The van der Waals surface area contributed by atoms with Crippen LogP contribution in [0.3, 0.4) is 0 Å². The van der Waals surface area contributed by atoms with Gasteiger partial charge in [0, 0.05) is 35.6 Å². The maximum absolute atomic E-state index is 13.5. The average Bonchev–Trinajstić information content (AvgIpc) is 2.65. The molecule has 0 saturated heterocycles. The zero-order valence-electron chi connectivity index (χ0n) is 15.6. The van der Waals surface area contributed by atoms with Crippen LogP contribution in [0.4, 0.5) is 19.1 Å². The molecule has 0 aliphatic heterocycles. The lowest BCUT2D eigenvalue weighted by Crippen LogP contribution is -2.26. The third-order valence-electron chi connectivity index (χ3n) is 4.05. The van der Waals surface area contributed by atoms with Crippen LogP contribution in [-0.4, -0.2) is 27.2 Å². The van der Waals surface area contributed by atoms with E-state index in [1.807, 2.05) is 19.1 Å². The first-order valence-corrected chi connectivity index (χ1v) is 8.85. The summed E-state index contributed by atoms with van der Waals surface area (Å²) in [5, 5.41) is 0. The molecule has 1 aromatic carbocycles. The topological polar surface area (TPSA) is 99.9 Å². The minimum Gasteiger partial charge on any atom is -0.459 e. The van der Waals surface area contributed by atoms with E-state index in [1.165, 1.54) is 24.4 Å². The molecule has 9 heteroatoms. The fourth-order valence-corrected chi connectivity index (χ4v) is 2.81. The lowest BCUT2D eigenvalue weighted by atomic mass is 10.0. The number of alkyl halides is 3. The van der Waals surface area contributed by atoms with Crippen LogP contribution in [0, 0.1) is 0 Å². The number of halogens is 3. The molecular weight excluding hydrogens is 383 g/mol. The fraction of sp³-hybridized carbons (Fsp3) is 0.250. The minimum atomic E-state index is -4.66. The van der Waals surface area contributed by atoms with Crippen molar-refractivity contribution in [2.75, 3.05) is 5.73 Å². The van der Waals surface area contributed by atoms with Crippen molar-refractivity contribution in [2.24, 2.45) is 5.73 Å². The third kappa shape index (κ3) is 5.41. The van der Waals surface area contributed by atoms with Gasteiger partial charge in [0.25, 0.3) is 0 Å². The Morgan fingerprint density at radius 1 is 1.10 bits per heavy atom. The van der Waals surface area contributed by atoms with E-state index in [4.69, 9.17) is 16.2 Å². The monoisotopic (exact) mass is 403 g/mol. The lowest BCUT2D eigenvalue weighted by molar-refractivity contribution is -0.198. The first kappa shape index (κ1) is 20.5. The smallest absolute Gasteiger partial charge is 0.429 e. The second-order valence-corrected chi connectivity index (χ2v) is 6.65. The molecule has 4 N–H and O–H groups in total. The van der Waals surface area contributed by atoms with Gasteiger partial charge in [0.05, 0.1) is 5.69 Å². The Labute approximate surface area is 165 Å². The van der Waals surface area contributed by atoms with Gasteiger partial charge in [-0.3, -0.25) is 4.98 Å². The molecule has 1 unspecified atom stereocenters. The number of rotatable bonds is 6. The van der Waals surface area contributed by atoms with Crippen molar-refractivity contribution in [1.82, 2.24) is 15.0 Å². The number of nitrogen functional groups attached to an aromatic ring is 1. The van der Waals surface area contributed by atoms with Crippen LogP contribution in [0.1, 0.15) is 24.2 Å². The molecule has 3 aromatic rings. The van der Waals surface area contributed by atoms with Crippen LogP contribution in [0.2, 0.25) is 0 Å². The van der Waals surface area contributed by atoms with E-state index in [9.17, 15) is 13.2 Å². The highest BCUT2D eigenvalue weighted by molar-refractivity contribution is 5.61. The van der Waals surface area contributed by atoms with Crippen molar-refractivity contribution in [3.8, 4) is 17.1 Å². The van der Waals surface area contributed by atoms with E-state index in [-0.39, 0.29) is 23.4 Å². The molecule has 0 bridgehead atoms. The van der Waals surface area contributed by atoms with E-state index in [0.717, 1.165) is 11.8 Å². The molecule has 0 aliphatic carbocycles. The van der Waals surface area contributed by atoms with Gasteiger partial charge in [-0.15, -0.1) is 0 Å². The summed E-state index contributed by atoms with van der Waals surface area (Å²) in [4.78, 5) is 11.6. The van der Waals surface area contributed by atoms with Gasteiger partial charge >= 0.3 is 6.18 Å². The number of nitrogens with zero attached hydrogens (tertiary/aromatic N) is 3. The molecule has 2 atom stereocenters. The number of hydrogen-bond acceptors (Lipinski definition) is 6. The van der Waals surface area contributed by atoms with E-state index in [0.29, 0.717) is 17.7 Å². The summed E-state index contributed by atoms with van der Waals surface area (Å²) in [6.45, 7) is 1.90. The Kier molecular flexibility index (Phi) is 5.97. The first-order valence-electron chi connectivity index (χ1n) is 8.85. The predicted molar refractivity (Wildman–Crippen MR) is 103 cm³/mol. The van der Waals surface area contributed by atoms with Crippen LogP contribution in [0.25, 0.3) is 11.3 Å². The zero-order valence-corrected chi connectivity index (χ0v) is 15.6. The summed E-state index contributed by atoms with van der Waals surface area (Å²) in [6, 6.07) is 11.4. The van der Waals surface area contributed by atoms with Crippen molar-refractivity contribution in [1.29, 1.82) is 0 Å². The molecule has 0 amide bonds. The zero-order chi connectivity index (χ0) is 21.0. The number of benzene rings is 1. The van der Waals surface area contributed by atoms with Gasteiger partial charge in [0.15, 0.2) is 0 Å². The summed E-state index contributed by atoms with van der Waals surface area (Å²) >= 11 is 0. The number of pyridine rings is 1. The van der Waals surface area contributed by atoms with Crippen molar-refractivity contribution in [3.63, 3.8) is 0 Å². The third-order valence-corrected chi connectivity index (χ3v) is 4.05. The summed E-state index contributed by atoms with van der Waals surface area (Å²) < 4.78 is 45.8. The largest absolute Gasteiger partial charge is 0.459 e. The highest BCUT2D eigenvalue weighted by Gasteiger charge is 2.43. The van der Waals surface area contributed by atoms with Crippen molar-refractivity contribution in [3.05, 3.63) is 66.0 Å². The standard InChI is InChI=1S/C20H20F3N5O/c1-12(24)9-13-4-6-14(7-5-13)16-10-17(28-19(25)27-16)29-18(20(21,22)23)15-3-2-8-26-11-15/h2-8,10-12,18H,9,24H2,1H3,(H2,25,27,28)/t12-,18?/m0/s1. The van der Waals surface area contributed by atoms with Gasteiger partial charge in [-0.05, 0) is 25.0 Å². The SMILES string of the molecule is C[C@H](N)Cc1ccc(-c2cc(OC(c3cccnc3)C(F)(F)F)nc(N)n2)cc1. The van der Waals surface area contributed by atoms with Gasteiger partial charge in [0.1, 0.15) is 0 Å². The maximum Gasteiger partial charge on any atom is 0.429 e. The second kappa shape index (κ2) is 8.44. The highest BCUT2D eigenvalue weighted by atomic mass is 19.4. The van der Waals surface area contributed by atoms with Crippen LogP contribution in [0.15, 0.2) is 54.9 Å². The molecule has 3 rings (SSSR count). The second-order valence-electron chi connectivity index (χ2n) is 6.65. The summed E-state index contributed by atoms with van der Waals surface area (Å²) in [5.41, 5.74) is 13.4. The van der Waals surface area contributed by atoms with Crippen LogP contribution in [-0.2, 0) is 6.42 Å². The molecule has 0 spiro atoms. The number of aromatic nitrogens is 3.